The summed E-state index contributed by atoms with van der Waals surface area (Å²) >= 11 is 0. The van der Waals surface area contributed by atoms with E-state index >= 15 is 0 Å². The van der Waals surface area contributed by atoms with Crippen molar-refractivity contribution in [2.24, 2.45) is 0 Å². The minimum atomic E-state index is -3.79. The Kier molecular flexibility index (Phi) is 7.25. The van der Waals surface area contributed by atoms with Gasteiger partial charge in [-0.2, -0.15) is 4.98 Å². The Morgan fingerprint density at radius 2 is 1.92 bits per heavy atom. The molecule has 192 valence electrons. The number of anilines is 1. The number of nitrogens with zero attached hydrogens (tertiary/aromatic N) is 5. The number of aromatic nitrogens is 3. The van der Waals surface area contributed by atoms with Crippen LogP contribution < -0.4 is 9.64 Å². The van der Waals surface area contributed by atoms with Crippen LogP contribution in [0.2, 0.25) is 0 Å². The fourth-order valence-electron chi connectivity index (χ4n) is 4.60. The summed E-state index contributed by atoms with van der Waals surface area (Å²) in [6, 6.07) is 4.82. The van der Waals surface area contributed by atoms with Gasteiger partial charge in [0.05, 0.1) is 23.9 Å². The molecule has 3 heterocycles. The van der Waals surface area contributed by atoms with E-state index in [1.807, 2.05) is 4.90 Å². The van der Waals surface area contributed by atoms with Gasteiger partial charge in [-0.3, -0.25) is 9.78 Å². The summed E-state index contributed by atoms with van der Waals surface area (Å²) in [5.41, 5.74) is 1.58. The van der Waals surface area contributed by atoms with Crippen molar-refractivity contribution in [1.82, 2.24) is 20.0 Å². The van der Waals surface area contributed by atoms with Gasteiger partial charge >= 0.3 is 11.8 Å². The van der Waals surface area contributed by atoms with Gasteiger partial charge in [0.15, 0.2) is 21.5 Å². The van der Waals surface area contributed by atoms with Crippen LogP contribution >= 0.6 is 0 Å². The van der Waals surface area contributed by atoms with Crippen molar-refractivity contribution in [3.05, 3.63) is 59.3 Å². The molecular formula is C24H28FN5O5S. The summed E-state index contributed by atoms with van der Waals surface area (Å²) in [4.78, 5) is 24.4. The maximum absolute atomic E-state index is 14.0. The Hall–Kier alpha value is -3.54. The number of piperidine rings is 1. The van der Waals surface area contributed by atoms with E-state index in [2.05, 4.69) is 15.1 Å². The van der Waals surface area contributed by atoms with E-state index in [1.165, 1.54) is 18.2 Å². The number of carbonyl (C=O) groups is 1. The molecule has 1 fully saturated rings. The minimum Gasteiger partial charge on any atom is -0.497 e. The summed E-state index contributed by atoms with van der Waals surface area (Å²) in [5.74, 6) is -1.17. The highest BCUT2D eigenvalue weighted by Crippen LogP contribution is 2.28. The lowest BCUT2D eigenvalue weighted by Gasteiger charge is -2.37. The van der Waals surface area contributed by atoms with Gasteiger partial charge in [0.2, 0.25) is 0 Å². The number of sulfone groups is 1. The van der Waals surface area contributed by atoms with Crippen LogP contribution in [0.4, 0.5) is 10.1 Å². The van der Waals surface area contributed by atoms with Crippen molar-refractivity contribution in [3.8, 4) is 5.75 Å². The lowest BCUT2D eigenvalue weighted by atomic mass is 10.0. The van der Waals surface area contributed by atoms with Crippen molar-refractivity contribution >= 4 is 21.4 Å². The number of benzene rings is 1. The molecule has 12 heteroatoms. The zero-order valence-corrected chi connectivity index (χ0v) is 21.4. The van der Waals surface area contributed by atoms with Crippen molar-refractivity contribution in [2.75, 3.05) is 32.1 Å². The van der Waals surface area contributed by atoms with E-state index < -0.39 is 21.5 Å². The largest absolute Gasteiger partial charge is 0.497 e. The standard InChI is InChI=1S/C24H28FN5O5S/c1-15-11-18(34-4)12-16(2)22(15)36(32,33)14-21-27-23(35-28-21)24(31)29(3)17-6-9-30(10-7-17)20-5-8-26-13-19(20)25/h5,8,11-13,17H,6-7,9-10,14H2,1-4H3. The van der Waals surface area contributed by atoms with Gasteiger partial charge in [0, 0.05) is 32.4 Å². The zero-order valence-electron chi connectivity index (χ0n) is 20.6. The average molecular weight is 518 g/mol. The van der Waals surface area contributed by atoms with Gasteiger partial charge in [-0.05, 0) is 56.0 Å². The molecule has 0 saturated carbocycles. The molecular weight excluding hydrogens is 489 g/mol. The van der Waals surface area contributed by atoms with Crippen molar-refractivity contribution in [2.45, 2.75) is 43.4 Å². The molecule has 1 aliphatic rings. The highest BCUT2D eigenvalue weighted by molar-refractivity contribution is 7.90. The molecule has 0 bridgehead atoms. The Bertz CT molecular complexity index is 1350. The topological polar surface area (TPSA) is 119 Å². The third-order valence-corrected chi connectivity index (χ3v) is 8.28. The molecule has 1 aliphatic heterocycles. The summed E-state index contributed by atoms with van der Waals surface area (Å²) in [7, 11) is -0.640. The molecule has 3 aromatic rings. The fourth-order valence-corrected chi connectivity index (χ4v) is 6.30. The molecule has 10 nitrogen and oxygen atoms in total. The molecule has 0 spiro atoms. The van der Waals surface area contributed by atoms with Crippen LogP contribution in [-0.2, 0) is 15.6 Å². The number of pyridine rings is 1. The van der Waals surface area contributed by atoms with Crippen molar-refractivity contribution < 1.29 is 26.9 Å². The van der Waals surface area contributed by atoms with Gasteiger partial charge in [-0.15, -0.1) is 0 Å². The predicted octanol–water partition coefficient (Wildman–Crippen LogP) is 2.94. The molecule has 36 heavy (non-hydrogen) atoms. The molecule has 0 aliphatic carbocycles. The highest BCUT2D eigenvalue weighted by Gasteiger charge is 2.31. The smallest absolute Gasteiger partial charge is 0.316 e. The molecule has 1 aromatic carbocycles. The second-order valence-corrected chi connectivity index (χ2v) is 10.8. The number of aryl methyl sites for hydroxylation is 2. The number of ether oxygens (including phenoxy) is 1. The Morgan fingerprint density at radius 3 is 2.53 bits per heavy atom. The molecule has 4 rings (SSSR count). The quantitative estimate of drug-likeness (QED) is 0.466. The molecule has 2 aromatic heterocycles. The maximum Gasteiger partial charge on any atom is 0.316 e. The summed E-state index contributed by atoms with van der Waals surface area (Å²) in [6.45, 7) is 4.52. The highest BCUT2D eigenvalue weighted by atomic mass is 32.2. The first-order valence-electron chi connectivity index (χ1n) is 11.4. The van der Waals surface area contributed by atoms with Gasteiger partial charge in [-0.25, -0.2) is 12.8 Å². The Labute approximate surface area is 209 Å². The van der Waals surface area contributed by atoms with Crippen LogP contribution in [0.3, 0.4) is 0 Å². The molecule has 0 radical (unpaired) electrons. The van der Waals surface area contributed by atoms with E-state index in [0.29, 0.717) is 48.5 Å². The summed E-state index contributed by atoms with van der Waals surface area (Å²) in [6.07, 6.45) is 3.97. The summed E-state index contributed by atoms with van der Waals surface area (Å²) in [5, 5.41) is 3.74. The average Bonchev–Trinajstić information content (AvgIpc) is 3.30. The van der Waals surface area contributed by atoms with E-state index in [0.717, 1.165) is 0 Å². The van der Waals surface area contributed by atoms with Crippen LogP contribution in [0, 0.1) is 19.7 Å². The molecule has 0 N–H and O–H groups in total. The minimum absolute atomic E-state index is 0.0932. The van der Waals surface area contributed by atoms with E-state index in [-0.39, 0.29) is 28.5 Å². The fraction of sp³-hybridized carbons (Fsp3) is 0.417. The number of carbonyl (C=O) groups excluding carboxylic acids is 1. The molecule has 1 amide bonds. The van der Waals surface area contributed by atoms with Gasteiger partial charge in [0.1, 0.15) is 11.5 Å². The molecule has 0 atom stereocenters. The first kappa shape index (κ1) is 25.5. The van der Waals surface area contributed by atoms with E-state index in [1.54, 1.807) is 45.3 Å². The SMILES string of the molecule is COc1cc(C)c(S(=O)(=O)Cc2noc(C(=O)N(C)C3CCN(c4ccncc4F)CC3)n2)c(C)c1. The summed E-state index contributed by atoms with van der Waals surface area (Å²) < 4.78 is 50.5. The number of methoxy groups -OCH3 is 1. The Balaban J connectivity index is 1.42. The maximum atomic E-state index is 14.0. The van der Waals surface area contributed by atoms with Crippen molar-refractivity contribution in [3.63, 3.8) is 0 Å². The second-order valence-electron chi connectivity index (χ2n) is 8.83. The number of hydrogen-bond acceptors (Lipinski definition) is 9. The third-order valence-electron chi connectivity index (χ3n) is 6.37. The zero-order chi connectivity index (χ0) is 26.0. The van der Waals surface area contributed by atoms with Crippen LogP contribution in [-0.4, -0.2) is 67.6 Å². The van der Waals surface area contributed by atoms with Gasteiger partial charge in [-0.1, -0.05) is 5.16 Å². The first-order valence-corrected chi connectivity index (χ1v) is 13.1. The number of halogens is 1. The normalized spacial score (nSPS) is 14.6. The van der Waals surface area contributed by atoms with Gasteiger partial charge in [0.25, 0.3) is 0 Å². The molecule has 0 unspecified atom stereocenters. The molecule has 1 saturated heterocycles. The van der Waals surface area contributed by atoms with Crippen LogP contribution in [0.1, 0.15) is 40.5 Å². The number of rotatable bonds is 7. The van der Waals surface area contributed by atoms with E-state index in [4.69, 9.17) is 9.26 Å². The number of amides is 1. The first-order chi connectivity index (χ1) is 17.1. The van der Waals surface area contributed by atoms with Crippen LogP contribution in [0.25, 0.3) is 0 Å². The van der Waals surface area contributed by atoms with Crippen LogP contribution in [0.15, 0.2) is 40.0 Å². The number of hydrogen-bond donors (Lipinski definition) is 0. The second kappa shape index (κ2) is 10.2. The third kappa shape index (κ3) is 5.18. The lowest BCUT2D eigenvalue weighted by molar-refractivity contribution is 0.0659. The van der Waals surface area contributed by atoms with E-state index in [9.17, 15) is 17.6 Å². The monoisotopic (exact) mass is 517 g/mol. The van der Waals surface area contributed by atoms with Gasteiger partial charge < -0.3 is 19.1 Å². The van der Waals surface area contributed by atoms with Crippen LogP contribution in [0.5, 0.6) is 5.75 Å². The van der Waals surface area contributed by atoms with Crippen molar-refractivity contribution in [1.29, 1.82) is 0 Å². The Morgan fingerprint density at radius 1 is 1.25 bits per heavy atom. The predicted molar refractivity (Wildman–Crippen MR) is 129 cm³/mol. The lowest BCUT2D eigenvalue weighted by Crippen LogP contribution is -2.46.